The van der Waals surface area contributed by atoms with Crippen LogP contribution in [0.3, 0.4) is 0 Å². The average Bonchev–Trinajstić information content (AvgIpc) is 4.02. The van der Waals surface area contributed by atoms with Crippen LogP contribution in [0.4, 0.5) is 17.6 Å². The molecule has 20 heteroatoms. The van der Waals surface area contributed by atoms with Crippen LogP contribution in [-0.4, -0.2) is 15.0 Å². The SMILES string of the molecule is N#CC(C#N)=C1N=c2ccc(-c3nc(C(C#N)=C4N=c5ccccc5=N4)nc(-c4ccc5c(c4C#N)=N/C(=C(\C#N)c4c(F)c(F)c(C#N)c(F)c4F)N=5)n3)c(C#N)c2=N1. The van der Waals surface area contributed by atoms with Crippen LogP contribution in [0, 0.1) is 103 Å². The van der Waals surface area contributed by atoms with Crippen LogP contribution in [-0.2, 0) is 0 Å². The first-order valence-electron chi connectivity index (χ1n) is 16.5. The fourth-order valence-corrected chi connectivity index (χ4v) is 6.12. The summed E-state index contributed by atoms with van der Waals surface area (Å²) in [7, 11) is 0. The molecule has 0 unspecified atom stereocenters. The van der Waals surface area contributed by atoms with E-state index in [1.165, 1.54) is 30.3 Å². The molecule has 4 heterocycles. The Kier molecular flexibility index (Phi) is 8.81. The summed E-state index contributed by atoms with van der Waals surface area (Å²) in [5.41, 5.74) is -5.37. The van der Waals surface area contributed by atoms with Gasteiger partial charge >= 0.3 is 0 Å². The first-order chi connectivity index (χ1) is 29.1. The van der Waals surface area contributed by atoms with Gasteiger partial charge in [-0.3, -0.25) is 0 Å². The van der Waals surface area contributed by atoms with Gasteiger partial charge in [-0.25, -0.2) is 62.5 Å². The van der Waals surface area contributed by atoms with E-state index in [0.717, 1.165) is 6.07 Å². The monoisotopic (exact) mass is 788 g/mol. The summed E-state index contributed by atoms with van der Waals surface area (Å²) < 4.78 is 59.3. The van der Waals surface area contributed by atoms with Gasteiger partial charge in [0.05, 0.1) is 38.1 Å². The number of fused-ring (bicyclic) bond motifs is 3. The maximum Gasteiger partial charge on any atom is 0.182 e. The maximum atomic E-state index is 15.1. The highest BCUT2D eigenvalue weighted by Gasteiger charge is 2.31. The number of nitrogens with zero attached hydrogens (tertiary/aromatic N) is 16. The van der Waals surface area contributed by atoms with Gasteiger partial charge in [0.25, 0.3) is 0 Å². The molecule has 0 saturated heterocycles. The molecule has 16 nitrogen and oxygen atoms in total. The third-order valence-electron chi connectivity index (χ3n) is 8.84. The number of para-hydroxylation sites is 2. The molecular weight excluding hydrogens is 781 g/mol. The van der Waals surface area contributed by atoms with Gasteiger partial charge in [0.2, 0.25) is 0 Å². The lowest BCUT2D eigenvalue weighted by atomic mass is 10.0. The fraction of sp³-hybridized carbons (Fsp3) is 0. The molecule has 3 aliphatic rings. The molecule has 276 valence electrons. The van der Waals surface area contributed by atoms with E-state index in [4.69, 9.17) is 5.26 Å². The van der Waals surface area contributed by atoms with Gasteiger partial charge < -0.3 is 0 Å². The lowest BCUT2D eigenvalue weighted by molar-refractivity contribution is 0.446. The molecule has 0 saturated carbocycles. The smallest absolute Gasteiger partial charge is 0.182 e. The Bertz CT molecular complexity index is 3660. The second-order valence-corrected chi connectivity index (χ2v) is 12.1. The molecule has 0 atom stereocenters. The summed E-state index contributed by atoms with van der Waals surface area (Å²) in [6.45, 7) is 0. The third-order valence-corrected chi connectivity index (χ3v) is 8.84. The number of nitriles is 7. The first-order valence-corrected chi connectivity index (χ1v) is 16.5. The molecule has 0 N–H and O–H groups in total. The predicted molar refractivity (Wildman–Crippen MR) is 188 cm³/mol. The van der Waals surface area contributed by atoms with Crippen molar-refractivity contribution in [2.24, 2.45) is 30.0 Å². The van der Waals surface area contributed by atoms with Crippen LogP contribution in [0.2, 0.25) is 0 Å². The minimum absolute atomic E-state index is 0.0110. The van der Waals surface area contributed by atoms with E-state index in [-0.39, 0.29) is 78.4 Å². The summed E-state index contributed by atoms with van der Waals surface area (Å²) in [5, 5.41) is 69.5. The van der Waals surface area contributed by atoms with Crippen molar-refractivity contribution in [2.75, 3.05) is 0 Å². The van der Waals surface area contributed by atoms with Gasteiger partial charge in [0.1, 0.15) is 69.9 Å². The van der Waals surface area contributed by atoms with Gasteiger partial charge in [-0.05, 0) is 36.4 Å². The van der Waals surface area contributed by atoms with Crippen LogP contribution in [0.25, 0.3) is 33.9 Å². The Hall–Kier alpha value is -9.94. The van der Waals surface area contributed by atoms with Crippen molar-refractivity contribution in [1.82, 2.24) is 15.0 Å². The molecule has 4 aromatic carbocycles. The normalized spacial score (nSPS) is 13.2. The van der Waals surface area contributed by atoms with Gasteiger partial charge in [-0.1, -0.05) is 12.1 Å². The summed E-state index contributed by atoms with van der Waals surface area (Å²) in [4.78, 5) is 39.0. The molecule has 0 bridgehead atoms. The Morgan fingerprint density at radius 2 is 0.883 bits per heavy atom. The van der Waals surface area contributed by atoms with E-state index in [1.54, 1.807) is 36.4 Å². The first kappa shape index (κ1) is 37.0. The molecule has 0 fully saturated rings. The van der Waals surface area contributed by atoms with Crippen molar-refractivity contribution in [2.45, 2.75) is 0 Å². The topological polar surface area (TPSA) is 279 Å². The van der Waals surface area contributed by atoms with Crippen LogP contribution in [0.1, 0.15) is 28.1 Å². The van der Waals surface area contributed by atoms with Crippen LogP contribution in [0.15, 0.2) is 102 Å². The van der Waals surface area contributed by atoms with Crippen LogP contribution in [0.5, 0.6) is 0 Å². The van der Waals surface area contributed by atoms with Crippen molar-refractivity contribution in [1.29, 1.82) is 36.8 Å². The van der Waals surface area contributed by atoms with Crippen molar-refractivity contribution in [3.63, 3.8) is 0 Å². The lowest BCUT2D eigenvalue weighted by Crippen LogP contribution is -2.26. The van der Waals surface area contributed by atoms with Crippen molar-refractivity contribution >= 4 is 11.1 Å². The molecule has 1 aromatic heterocycles. The van der Waals surface area contributed by atoms with Gasteiger partial charge in [0, 0.05) is 11.1 Å². The summed E-state index contributed by atoms with van der Waals surface area (Å²) >= 11 is 0. The number of allylic oxidation sites excluding steroid dienone is 3. The number of hydrogen-bond acceptors (Lipinski definition) is 16. The number of aromatic nitrogens is 3. The molecular formula is C40H8F4N16. The van der Waals surface area contributed by atoms with Gasteiger partial charge in [0.15, 0.2) is 63.8 Å². The average molecular weight is 789 g/mol. The Morgan fingerprint density at radius 1 is 0.433 bits per heavy atom. The maximum absolute atomic E-state index is 15.1. The largest absolute Gasteiger partial charge is 0.226 e. The standard InChI is InChI=1S/C40H8F4N16/c41-29-22(14-50)30(42)32(44)28(31(29)43)21(13-49)38-55-27-8-6-18(20(12-48)34(27)57-38)37-58-36(17-5-7-26-33(19(17)11-47)56-35(54-26)16(9-45)10-46)59-40(60-37)23(15-51)39-52-24-3-1-2-4-25(24)53-39/h1-8H/b38-21+. The van der Waals surface area contributed by atoms with E-state index >= 15 is 8.78 Å². The zero-order valence-electron chi connectivity index (χ0n) is 29.3. The summed E-state index contributed by atoms with van der Waals surface area (Å²) in [5.74, 6) is -10.2. The fourth-order valence-electron chi connectivity index (χ4n) is 6.12. The molecule has 0 radical (unpaired) electrons. The third kappa shape index (κ3) is 5.67. The van der Waals surface area contributed by atoms with Crippen molar-refractivity contribution in [3.05, 3.63) is 155 Å². The summed E-state index contributed by atoms with van der Waals surface area (Å²) in [6, 6.07) is 23.9. The minimum Gasteiger partial charge on any atom is -0.226 e. The second-order valence-electron chi connectivity index (χ2n) is 12.1. The van der Waals surface area contributed by atoms with Crippen molar-refractivity contribution in [3.8, 4) is 65.3 Å². The Morgan fingerprint density at radius 3 is 1.35 bits per heavy atom. The van der Waals surface area contributed by atoms with Gasteiger partial charge in [-0.2, -0.15) is 36.8 Å². The molecule has 0 amide bonds. The Balaban J connectivity index is 1.40. The highest BCUT2D eigenvalue weighted by molar-refractivity contribution is 5.81. The molecule has 60 heavy (non-hydrogen) atoms. The quantitative estimate of drug-likeness (QED) is 0.145. The number of halogens is 4. The molecule has 5 aromatic rings. The zero-order chi connectivity index (χ0) is 42.4. The minimum atomic E-state index is -2.05. The van der Waals surface area contributed by atoms with Gasteiger partial charge in [-0.15, -0.1) is 0 Å². The predicted octanol–water partition coefficient (Wildman–Crippen LogP) is 2.18. The van der Waals surface area contributed by atoms with Crippen LogP contribution < -0.4 is 32.1 Å². The van der Waals surface area contributed by atoms with E-state index in [9.17, 15) is 40.4 Å². The number of benzene rings is 4. The molecule has 0 aliphatic carbocycles. The second kappa shape index (κ2) is 14.3. The lowest BCUT2D eigenvalue weighted by Gasteiger charge is -2.09. The van der Waals surface area contributed by atoms with Crippen molar-refractivity contribution < 1.29 is 17.6 Å². The van der Waals surface area contributed by atoms with E-state index < -0.39 is 51.4 Å². The van der Waals surface area contributed by atoms with Crippen LogP contribution >= 0.6 is 0 Å². The molecule has 3 aliphatic heterocycles. The zero-order valence-corrected chi connectivity index (χ0v) is 29.3. The number of hydrogen-bond donors (Lipinski definition) is 0. The highest BCUT2D eigenvalue weighted by Crippen LogP contribution is 2.32. The van der Waals surface area contributed by atoms with E-state index in [1.807, 2.05) is 18.2 Å². The molecule has 0 spiro atoms. The van der Waals surface area contributed by atoms with E-state index in [2.05, 4.69) is 44.9 Å². The number of rotatable bonds is 4. The highest BCUT2D eigenvalue weighted by atomic mass is 19.2. The summed E-state index contributed by atoms with van der Waals surface area (Å²) in [6.07, 6.45) is 0. The Labute approximate surface area is 330 Å². The molecule has 8 rings (SSSR count). The van der Waals surface area contributed by atoms with E-state index in [0.29, 0.717) is 10.7 Å².